The number of carbonyl (C=O) groups is 1. The molecule has 2 heterocycles. The number of nitrogens with one attached hydrogen (secondary N) is 1. The minimum Gasteiger partial charge on any atom is 0 e. The maximum Gasteiger partial charge on any atom is 0 e. The van der Waals surface area contributed by atoms with Crippen molar-refractivity contribution in [2.75, 3.05) is 11.3 Å². The molecule has 1 atom stereocenters. The maximum atomic E-state index is 12.3. The van der Waals surface area contributed by atoms with Gasteiger partial charge in [0.15, 0.2) is 0 Å². The molecule has 0 saturated heterocycles. The van der Waals surface area contributed by atoms with Gasteiger partial charge in [-0.05, 0) is 61.3 Å². The molecule has 2 aromatic heterocycles. The Kier molecular flexibility index (Phi) is 26.5. The van der Waals surface area contributed by atoms with Crippen LogP contribution in [-0.2, 0) is 70.0 Å². The predicted octanol–water partition coefficient (Wildman–Crippen LogP) is 4.33. The van der Waals surface area contributed by atoms with Gasteiger partial charge in [0, 0.05) is 75.7 Å². The smallest absolute Gasteiger partial charge is 0 e. The first-order valence-electron chi connectivity index (χ1n) is 12.2. The number of Topliss-reactive ketones (excluding diaryl/α,β-unsaturated/α-hetero) is 1. The molecule has 1 N–H and O–H groups in total. The van der Waals surface area contributed by atoms with Crippen molar-refractivity contribution in [1.29, 1.82) is 0 Å². The standard InChI is InChI=1S/C26H32N4O3S.3CO.Re/c31-26(19-22-12-14-23(15-13-22)29-34(32)33)11-3-1-2-8-18-30(20-24-9-4-6-16-27-24)21-25-10-5-7-17-28-25;3*1-2;/h4-7,9-10,12-17,29H,1-3,8,11,18-21H2,(H,32,33);;;;/p-1. The van der Waals surface area contributed by atoms with Gasteiger partial charge in [0.1, 0.15) is 5.78 Å². The Bertz CT molecular complexity index is 1110. The van der Waals surface area contributed by atoms with Gasteiger partial charge in [0.2, 0.25) is 0 Å². The zero-order chi connectivity index (χ0) is 30.0. The van der Waals surface area contributed by atoms with Gasteiger partial charge in [0.05, 0.1) is 11.4 Å². The van der Waals surface area contributed by atoms with E-state index < -0.39 is 11.3 Å². The molecule has 3 rings (SSSR count). The molecular weight excluding hydrogens is 719 g/mol. The number of aromatic nitrogens is 2. The molecule has 3 aromatic rings. The van der Waals surface area contributed by atoms with Crippen LogP contribution in [0, 0.1) is 20.0 Å². The van der Waals surface area contributed by atoms with E-state index in [1.807, 2.05) is 48.8 Å². The van der Waals surface area contributed by atoms with Gasteiger partial charge in [-0.15, -0.1) is 0 Å². The van der Waals surface area contributed by atoms with Crippen LogP contribution in [0.3, 0.4) is 0 Å². The number of benzene rings is 1. The van der Waals surface area contributed by atoms with Gasteiger partial charge >= 0.3 is 33.9 Å². The van der Waals surface area contributed by atoms with Crippen molar-refractivity contribution in [2.24, 2.45) is 0 Å². The fourth-order valence-electron chi connectivity index (χ4n) is 3.77. The second-order valence-electron chi connectivity index (χ2n) is 8.27. The van der Waals surface area contributed by atoms with Crippen LogP contribution in [0.15, 0.2) is 73.1 Å². The normalized spacial score (nSPS) is 10.0. The molecule has 0 aliphatic carbocycles. The monoisotopic (exact) mass is 750 g/mol. The van der Waals surface area contributed by atoms with Crippen molar-refractivity contribution >= 4 is 22.7 Å². The first kappa shape index (κ1) is 40.1. The van der Waals surface area contributed by atoms with Gasteiger partial charge in [-0.25, -0.2) is 0 Å². The van der Waals surface area contributed by atoms with E-state index in [0.717, 1.165) is 62.3 Å². The molecule has 10 nitrogen and oxygen atoms in total. The molecule has 0 aliphatic heterocycles. The van der Waals surface area contributed by atoms with Gasteiger partial charge in [-0.2, -0.15) is 0 Å². The molecule has 1 radical (unpaired) electrons. The van der Waals surface area contributed by atoms with Crippen LogP contribution >= 0.6 is 0 Å². The second kappa shape index (κ2) is 27.1. The third-order valence-corrected chi connectivity index (χ3v) is 5.86. The van der Waals surface area contributed by atoms with Gasteiger partial charge < -0.3 is 9.27 Å². The summed E-state index contributed by atoms with van der Waals surface area (Å²) >= 11 is -2.34. The minimum atomic E-state index is -2.34. The Labute approximate surface area is 257 Å². The van der Waals surface area contributed by atoms with Crippen LogP contribution in [0.5, 0.6) is 0 Å². The van der Waals surface area contributed by atoms with E-state index in [1.165, 1.54) is 0 Å². The number of ketones is 1. The molecule has 0 spiro atoms. The average Bonchev–Trinajstić information content (AvgIpc) is 3.00. The van der Waals surface area contributed by atoms with Crippen LogP contribution in [0.1, 0.15) is 49.1 Å². The van der Waals surface area contributed by atoms with Gasteiger partial charge in [-0.3, -0.25) is 23.9 Å². The van der Waals surface area contributed by atoms with Crippen LogP contribution in [0.4, 0.5) is 5.69 Å². The summed E-state index contributed by atoms with van der Waals surface area (Å²) in [7, 11) is 0. The number of unbranched alkanes of at least 4 members (excludes halogenated alkanes) is 3. The Morgan fingerprint density at radius 3 is 1.78 bits per heavy atom. The zero-order valence-corrected chi connectivity index (χ0v) is 25.9. The van der Waals surface area contributed by atoms with E-state index in [1.54, 1.807) is 24.3 Å². The summed E-state index contributed by atoms with van der Waals surface area (Å²) < 4.78 is 46.1. The summed E-state index contributed by atoms with van der Waals surface area (Å²) in [5.41, 5.74) is 3.49. The molecule has 1 aromatic carbocycles. The Hall–Kier alpha value is -3.06. The third-order valence-electron chi connectivity index (χ3n) is 5.46. The van der Waals surface area contributed by atoms with Crippen molar-refractivity contribution in [2.45, 2.75) is 51.6 Å². The summed E-state index contributed by atoms with van der Waals surface area (Å²) in [6.07, 6.45) is 8.62. The molecule has 217 valence electrons. The summed E-state index contributed by atoms with van der Waals surface area (Å²) in [6.45, 7) is 16.0. The number of pyridine rings is 2. The summed E-state index contributed by atoms with van der Waals surface area (Å²) in [5, 5.41) is 0. The van der Waals surface area contributed by atoms with Crippen LogP contribution in [-0.4, -0.2) is 36.0 Å². The average molecular weight is 750 g/mol. The van der Waals surface area contributed by atoms with E-state index in [9.17, 15) is 13.6 Å². The first-order valence-corrected chi connectivity index (χ1v) is 13.3. The number of hydrogen-bond donors (Lipinski definition) is 1. The largest absolute Gasteiger partial charge is 0 e. The molecular formula is C29H31N4O6ReS-. The van der Waals surface area contributed by atoms with Crippen molar-refractivity contribution < 1.29 is 47.9 Å². The maximum absolute atomic E-state index is 12.3. The van der Waals surface area contributed by atoms with Crippen LogP contribution < -0.4 is 4.72 Å². The van der Waals surface area contributed by atoms with Gasteiger partial charge in [-0.1, -0.05) is 37.1 Å². The summed E-state index contributed by atoms with van der Waals surface area (Å²) in [6, 6.07) is 18.9. The van der Waals surface area contributed by atoms with E-state index in [-0.39, 0.29) is 26.2 Å². The van der Waals surface area contributed by atoms with Crippen LogP contribution in [0.25, 0.3) is 0 Å². The molecule has 0 amide bonds. The summed E-state index contributed by atoms with van der Waals surface area (Å²) in [5.74, 6) is 0.208. The third kappa shape index (κ3) is 19.6. The SMILES string of the molecule is O=C(CCCCCCN(Cc1ccccn1)Cc1ccccn1)Cc1ccc(NS(=O)[O-])cc1.[C-]#[O+].[C-]#[O+].[C-]#[O+].[Re]. The van der Waals surface area contributed by atoms with Crippen molar-refractivity contribution in [3.63, 3.8) is 0 Å². The minimum absolute atomic E-state index is 0. The molecule has 12 heteroatoms. The fraction of sp³-hybridized carbons (Fsp3) is 0.310. The fourth-order valence-corrected chi connectivity index (χ4v) is 4.10. The molecule has 41 heavy (non-hydrogen) atoms. The van der Waals surface area contributed by atoms with Crippen LogP contribution in [0.2, 0.25) is 0 Å². The molecule has 0 bridgehead atoms. The number of hydrogen-bond acceptors (Lipinski definition) is 6. The molecule has 0 fully saturated rings. The number of nitrogens with zero attached hydrogens (tertiary/aromatic N) is 3. The molecule has 0 aliphatic rings. The number of carbonyl (C=O) groups excluding carboxylic acids is 1. The second-order valence-corrected chi connectivity index (χ2v) is 8.94. The van der Waals surface area contributed by atoms with Gasteiger partial charge in [0.25, 0.3) is 0 Å². The predicted molar refractivity (Wildman–Crippen MR) is 145 cm³/mol. The number of rotatable bonds is 15. The van der Waals surface area contributed by atoms with E-state index in [0.29, 0.717) is 18.5 Å². The first-order chi connectivity index (χ1) is 19.6. The Balaban J connectivity index is 0. The summed E-state index contributed by atoms with van der Waals surface area (Å²) in [4.78, 5) is 23.6. The van der Waals surface area contributed by atoms with E-state index >= 15 is 0 Å². The van der Waals surface area contributed by atoms with Crippen molar-refractivity contribution in [3.05, 3.63) is 110 Å². The van der Waals surface area contributed by atoms with Crippen molar-refractivity contribution in [1.82, 2.24) is 14.9 Å². The van der Waals surface area contributed by atoms with Crippen molar-refractivity contribution in [3.8, 4) is 0 Å². The zero-order valence-electron chi connectivity index (χ0n) is 22.4. The Morgan fingerprint density at radius 1 is 0.805 bits per heavy atom. The molecule has 0 saturated carbocycles. The topological polar surface area (TPSA) is 158 Å². The number of anilines is 1. The molecule has 1 unspecified atom stereocenters. The Morgan fingerprint density at radius 2 is 1.32 bits per heavy atom. The van der Waals surface area contributed by atoms with E-state index in [4.69, 9.17) is 14.0 Å². The van der Waals surface area contributed by atoms with E-state index in [2.05, 4.69) is 39.5 Å². The quantitative estimate of drug-likeness (QED) is 0.106.